The highest BCUT2D eigenvalue weighted by Crippen LogP contribution is 2.33. The number of nitrogens with zero attached hydrogens (tertiary/aromatic N) is 2. The van der Waals surface area contributed by atoms with E-state index >= 15 is 0 Å². The second kappa shape index (κ2) is 4.80. The van der Waals surface area contributed by atoms with Gasteiger partial charge in [-0.05, 0) is 24.5 Å². The smallest absolute Gasteiger partial charge is 0.269 e. The molecule has 2 aliphatic heterocycles. The van der Waals surface area contributed by atoms with Crippen LogP contribution in [0.2, 0.25) is 0 Å². The summed E-state index contributed by atoms with van der Waals surface area (Å²) in [5.41, 5.74) is 1.43. The fraction of sp³-hybridized carbons (Fsp3) is 0.462. The lowest BCUT2D eigenvalue weighted by Crippen LogP contribution is -2.35. The molecule has 21 heavy (non-hydrogen) atoms. The highest BCUT2D eigenvalue weighted by molar-refractivity contribution is 7.91. The maximum atomic E-state index is 12.4. The molecule has 1 fully saturated rings. The summed E-state index contributed by atoms with van der Waals surface area (Å²) in [4.78, 5) is 24.3. The van der Waals surface area contributed by atoms with E-state index in [2.05, 4.69) is 0 Å². The zero-order valence-electron chi connectivity index (χ0n) is 11.2. The van der Waals surface area contributed by atoms with E-state index in [1.807, 2.05) is 0 Å². The van der Waals surface area contributed by atoms with Crippen molar-refractivity contribution in [3.8, 4) is 0 Å². The van der Waals surface area contributed by atoms with Crippen molar-refractivity contribution in [3.63, 3.8) is 0 Å². The molecule has 0 spiro atoms. The molecule has 1 amide bonds. The summed E-state index contributed by atoms with van der Waals surface area (Å²) >= 11 is 0. The van der Waals surface area contributed by atoms with E-state index in [1.165, 1.54) is 12.1 Å². The molecule has 1 aromatic carbocycles. The molecule has 1 atom stereocenters. The zero-order chi connectivity index (χ0) is 15.2. The Hall–Kier alpha value is -1.96. The molecule has 112 valence electrons. The van der Waals surface area contributed by atoms with Crippen LogP contribution in [0.1, 0.15) is 12.0 Å². The number of nitro groups is 1. The molecule has 0 aromatic heterocycles. The van der Waals surface area contributed by atoms with Gasteiger partial charge in [-0.3, -0.25) is 14.9 Å². The van der Waals surface area contributed by atoms with Crippen molar-refractivity contribution >= 4 is 27.1 Å². The molecular formula is C13H14N2O5S. The van der Waals surface area contributed by atoms with E-state index in [4.69, 9.17) is 0 Å². The number of hydrogen-bond acceptors (Lipinski definition) is 5. The van der Waals surface area contributed by atoms with Gasteiger partial charge in [-0.1, -0.05) is 0 Å². The number of anilines is 1. The van der Waals surface area contributed by atoms with E-state index in [1.54, 1.807) is 11.0 Å². The van der Waals surface area contributed by atoms with Gasteiger partial charge in [0.2, 0.25) is 5.91 Å². The van der Waals surface area contributed by atoms with Gasteiger partial charge in [-0.2, -0.15) is 0 Å². The lowest BCUT2D eigenvalue weighted by atomic mass is 10.1. The first kappa shape index (κ1) is 14.0. The quantitative estimate of drug-likeness (QED) is 0.597. The number of hydrogen-bond donors (Lipinski definition) is 0. The average molecular weight is 310 g/mol. The molecule has 0 aliphatic carbocycles. The summed E-state index contributed by atoms with van der Waals surface area (Å²) < 4.78 is 23.0. The maximum Gasteiger partial charge on any atom is 0.269 e. The molecule has 1 aromatic rings. The lowest BCUT2D eigenvalue weighted by Gasteiger charge is -2.20. The third-order valence-corrected chi connectivity index (χ3v) is 5.79. The van der Waals surface area contributed by atoms with Gasteiger partial charge in [-0.15, -0.1) is 0 Å². The molecule has 7 nitrogen and oxygen atoms in total. The largest absolute Gasteiger partial charge is 0.312 e. The third-order valence-electron chi connectivity index (χ3n) is 4.02. The van der Waals surface area contributed by atoms with Crippen molar-refractivity contribution in [1.29, 1.82) is 0 Å². The topological polar surface area (TPSA) is 97.6 Å². The molecule has 8 heteroatoms. The number of sulfone groups is 1. The molecule has 2 aliphatic rings. The van der Waals surface area contributed by atoms with Crippen molar-refractivity contribution < 1.29 is 18.1 Å². The van der Waals surface area contributed by atoms with Crippen LogP contribution in [-0.2, 0) is 21.1 Å². The normalized spacial score (nSPS) is 23.0. The Morgan fingerprint density at radius 2 is 2.14 bits per heavy atom. The summed E-state index contributed by atoms with van der Waals surface area (Å²) in [6.45, 7) is 0.450. The number of carbonyl (C=O) groups is 1. The van der Waals surface area contributed by atoms with E-state index in [-0.39, 0.29) is 23.1 Å². The summed E-state index contributed by atoms with van der Waals surface area (Å²) in [5.74, 6) is -0.713. The highest BCUT2D eigenvalue weighted by Gasteiger charge is 2.37. The van der Waals surface area contributed by atoms with Gasteiger partial charge in [0.25, 0.3) is 5.69 Å². The van der Waals surface area contributed by atoms with Crippen LogP contribution in [0.4, 0.5) is 11.4 Å². The number of non-ortho nitro benzene ring substituents is 1. The molecule has 0 unspecified atom stereocenters. The van der Waals surface area contributed by atoms with Crippen LogP contribution in [0, 0.1) is 16.0 Å². The number of amides is 1. The van der Waals surface area contributed by atoms with Gasteiger partial charge in [0, 0.05) is 24.4 Å². The van der Waals surface area contributed by atoms with E-state index in [9.17, 15) is 23.3 Å². The van der Waals surface area contributed by atoms with Crippen LogP contribution in [0.15, 0.2) is 18.2 Å². The Morgan fingerprint density at radius 3 is 2.76 bits per heavy atom. The van der Waals surface area contributed by atoms with Crippen LogP contribution in [0.5, 0.6) is 0 Å². The Balaban J connectivity index is 1.84. The fourth-order valence-electron chi connectivity index (χ4n) is 2.94. The molecule has 3 rings (SSSR count). The Labute approximate surface area is 121 Å². The van der Waals surface area contributed by atoms with Gasteiger partial charge in [-0.25, -0.2) is 8.42 Å². The van der Waals surface area contributed by atoms with Crippen molar-refractivity contribution in [2.45, 2.75) is 12.8 Å². The number of carbonyl (C=O) groups excluding carboxylic acids is 1. The van der Waals surface area contributed by atoms with Crippen molar-refractivity contribution in [2.75, 3.05) is 23.0 Å². The fourth-order valence-corrected chi connectivity index (χ4v) is 4.67. The van der Waals surface area contributed by atoms with Crippen molar-refractivity contribution in [1.82, 2.24) is 0 Å². The van der Waals surface area contributed by atoms with E-state index in [0.717, 1.165) is 5.56 Å². The van der Waals surface area contributed by atoms with Gasteiger partial charge in [0.05, 0.1) is 22.3 Å². The van der Waals surface area contributed by atoms with Crippen LogP contribution in [-0.4, -0.2) is 37.3 Å². The Kier molecular flexibility index (Phi) is 3.20. The second-order valence-electron chi connectivity index (χ2n) is 5.41. The molecule has 0 saturated carbocycles. The summed E-state index contributed by atoms with van der Waals surface area (Å²) in [7, 11) is -3.10. The monoisotopic (exact) mass is 310 g/mol. The number of benzene rings is 1. The Bertz CT molecular complexity index is 728. The first-order valence-electron chi connectivity index (χ1n) is 6.66. The van der Waals surface area contributed by atoms with Crippen LogP contribution in [0.25, 0.3) is 0 Å². The minimum atomic E-state index is -3.10. The zero-order valence-corrected chi connectivity index (χ0v) is 12.0. The maximum absolute atomic E-state index is 12.4. The van der Waals surface area contributed by atoms with Crippen LogP contribution < -0.4 is 4.90 Å². The molecule has 0 N–H and O–H groups in total. The van der Waals surface area contributed by atoms with Crippen molar-refractivity contribution in [2.24, 2.45) is 5.92 Å². The number of nitro benzene ring substituents is 1. The molecule has 0 radical (unpaired) electrons. The highest BCUT2D eigenvalue weighted by atomic mass is 32.2. The molecule has 0 bridgehead atoms. The van der Waals surface area contributed by atoms with E-state index in [0.29, 0.717) is 25.1 Å². The van der Waals surface area contributed by atoms with Gasteiger partial charge in [0.15, 0.2) is 9.84 Å². The molecular weight excluding hydrogens is 296 g/mol. The second-order valence-corrected chi connectivity index (χ2v) is 7.64. The predicted octanol–water partition coefficient (Wildman–Crippen LogP) is 0.919. The van der Waals surface area contributed by atoms with Gasteiger partial charge >= 0.3 is 0 Å². The molecule has 2 heterocycles. The molecule has 1 saturated heterocycles. The predicted molar refractivity (Wildman–Crippen MR) is 75.9 cm³/mol. The average Bonchev–Trinajstić information content (AvgIpc) is 3.00. The van der Waals surface area contributed by atoms with Gasteiger partial charge in [0.1, 0.15) is 0 Å². The minimum absolute atomic E-state index is 0.00601. The summed E-state index contributed by atoms with van der Waals surface area (Å²) in [6, 6.07) is 4.42. The first-order chi connectivity index (χ1) is 9.87. The first-order valence-corrected chi connectivity index (χ1v) is 8.49. The summed E-state index contributed by atoms with van der Waals surface area (Å²) in [5, 5.41) is 10.8. The number of fused-ring (bicyclic) bond motifs is 1. The lowest BCUT2D eigenvalue weighted by molar-refractivity contribution is -0.384. The summed E-state index contributed by atoms with van der Waals surface area (Å²) in [6.07, 6.45) is 0.919. The van der Waals surface area contributed by atoms with Crippen molar-refractivity contribution in [3.05, 3.63) is 33.9 Å². The number of rotatable bonds is 2. The van der Waals surface area contributed by atoms with Crippen LogP contribution in [0.3, 0.4) is 0 Å². The SMILES string of the molecule is O=C([C@@H]1CCS(=O)(=O)C1)N1CCc2cc([N+](=O)[O-])ccc21. The third kappa shape index (κ3) is 2.51. The Morgan fingerprint density at radius 1 is 1.38 bits per heavy atom. The minimum Gasteiger partial charge on any atom is -0.312 e. The van der Waals surface area contributed by atoms with Gasteiger partial charge < -0.3 is 4.90 Å². The standard InChI is InChI=1S/C13H14N2O5S/c16-13(10-4-6-21(19,20)8-10)14-5-3-9-7-11(15(17)18)1-2-12(9)14/h1-2,7,10H,3-6,8H2/t10-/m1/s1. The van der Waals surface area contributed by atoms with Crippen LogP contribution >= 0.6 is 0 Å². The van der Waals surface area contributed by atoms with E-state index < -0.39 is 20.7 Å².